The summed E-state index contributed by atoms with van der Waals surface area (Å²) in [6.07, 6.45) is 3.49. The Morgan fingerprint density at radius 3 is 2.79 bits per heavy atom. The van der Waals surface area contributed by atoms with Crippen molar-refractivity contribution in [2.75, 3.05) is 26.2 Å². The van der Waals surface area contributed by atoms with E-state index >= 15 is 0 Å². The smallest absolute Gasteiger partial charge is 0.254 e. The van der Waals surface area contributed by atoms with Gasteiger partial charge in [0.2, 0.25) is 0 Å². The van der Waals surface area contributed by atoms with Gasteiger partial charge in [-0.2, -0.15) is 0 Å². The van der Waals surface area contributed by atoms with E-state index < -0.39 is 0 Å². The van der Waals surface area contributed by atoms with Crippen molar-refractivity contribution in [3.8, 4) is 0 Å². The largest absolute Gasteiger partial charge is 0.330 e. The van der Waals surface area contributed by atoms with Crippen LogP contribution in [0.25, 0.3) is 0 Å². The molecule has 1 N–H and O–H groups in total. The van der Waals surface area contributed by atoms with Crippen LogP contribution in [0.4, 0.5) is 0 Å². The average molecular weight is 376 g/mol. The minimum absolute atomic E-state index is 0.229. The summed E-state index contributed by atoms with van der Waals surface area (Å²) in [5.74, 6) is 0.807. The van der Waals surface area contributed by atoms with E-state index in [0.717, 1.165) is 57.7 Å². The lowest BCUT2D eigenvalue weighted by molar-refractivity contribution is 0.0674. The number of fused-ring (bicyclic) bond motifs is 1. The molecule has 4 nitrogen and oxygen atoms in total. The van der Waals surface area contributed by atoms with E-state index in [1.807, 2.05) is 0 Å². The number of nitrogens with one attached hydrogen (secondary N) is 1. The van der Waals surface area contributed by atoms with E-state index in [9.17, 15) is 4.79 Å². The molecule has 4 heteroatoms. The summed E-state index contributed by atoms with van der Waals surface area (Å²) < 4.78 is 0. The van der Waals surface area contributed by atoms with Gasteiger partial charge in [0, 0.05) is 37.8 Å². The Morgan fingerprint density at radius 2 is 1.96 bits per heavy atom. The molecule has 2 fully saturated rings. The highest BCUT2D eigenvalue weighted by Gasteiger charge is 2.34. The topological polar surface area (TPSA) is 35.6 Å². The van der Waals surface area contributed by atoms with Crippen LogP contribution < -0.4 is 5.32 Å². The number of carbonyl (C=O) groups is 1. The van der Waals surface area contributed by atoms with Crippen molar-refractivity contribution in [2.24, 2.45) is 0 Å². The maximum absolute atomic E-state index is 12.9. The van der Waals surface area contributed by atoms with Crippen LogP contribution in [-0.2, 0) is 13.1 Å². The van der Waals surface area contributed by atoms with Crippen molar-refractivity contribution in [2.45, 2.75) is 44.3 Å². The fourth-order valence-corrected chi connectivity index (χ4v) is 5.10. The first kappa shape index (κ1) is 17.9. The second-order valence-corrected chi connectivity index (χ2v) is 8.56. The van der Waals surface area contributed by atoms with Gasteiger partial charge in [-0.05, 0) is 61.0 Å². The summed E-state index contributed by atoms with van der Waals surface area (Å²) in [5.41, 5.74) is 4.95. The fraction of sp³-hybridized carbons (Fsp3) is 0.458. The predicted octanol–water partition coefficient (Wildman–Crippen LogP) is 3.38. The Balaban J connectivity index is 1.27. The van der Waals surface area contributed by atoms with Gasteiger partial charge in [-0.1, -0.05) is 42.5 Å². The minimum Gasteiger partial charge on any atom is -0.330 e. The molecule has 0 spiro atoms. The van der Waals surface area contributed by atoms with E-state index in [-0.39, 0.29) is 5.91 Å². The normalized spacial score (nSPS) is 25.3. The van der Waals surface area contributed by atoms with Gasteiger partial charge in [0.05, 0.1) is 0 Å². The van der Waals surface area contributed by atoms with Crippen LogP contribution in [0.2, 0.25) is 0 Å². The molecule has 0 aliphatic carbocycles. The number of rotatable bonds is 4. The molecule has 28 heavy (non-hydrogen) atoms. The highest BCUT2D eigenvalue weighted by molar-refractivity contribution is 5.98. The lowest BCUT2D eigenvalue weighted by atomic mass is 9.95. The lowest BCUT2D eigenvalue weighted by Gasteiger charge is -2.31. The van der Waals surface area contributed by atoms with Crippen molar-refractivity contribution in [1.82, 2.24) is 15.1 Å². The monoisotopic (exact) mass is 375 g/mol. The number of benzene rings is 2. The van der Waals surface area contributed by atoms with E-state index in [2.05, 4.69) is 63.6 Å². The molecule has 1 amide bonds. The average Bonchev–Trinajstić information content (AvgIpc) is 3.34. The van der Waals surface area contributed by atoms with Crippen LogP contribution in [0, 0.1) is 0 Å². The van der Waals surface area contributed by atoms with E-state index in [1.54, 1.807) is 0 Å². The summed E-state index contributed by atoms with van der Waals surface area (Å²) in [6, 6.07) is 17.7. The summed E-state index contributed by atoms with van der Waals surface area (Å²) in [4.78, 5) is 17.5. The molecular weight excluding hydrogens is 346 g/mol. The first-order valence-electron chi connectivity index (χ1n) is 10.7. The van der Waals surface area contributed by atoms with Crippen LogP contribution in [0.3, 0.4) is 0 Å². The zero-order chi connectivity index (χ0) is 18.9. The van der Waals surface area contributed by atoms with Gasteiger partial charge in [0.1, 0.15) is 0 Å². The number of hydrogen-bond donors (Lipinski definition) is 1. The molecule has 2 aromatic rings. The maximum atomic E-state index is 12.9. The number of likely N-dealkylation sites (tertiary alicyclic amines) is 1. The Bertz CT molecular complexity index is 844. The Hall–Kier alpha value is -2.17. The van der Waals surface area contributed by atoms with Gasteiger partial charge in [-0.3, -0.25) is 9.69 Å². The molecule has 0 bridgehead atoms. The van der Waals surface area contributed by atoms with Crippen molar-refractivity contribution in [1.29, 1.82) is 0 Å². The Kier molecular flexibility index (Phi) is 4.91. The number of amides is 1. The van der Waals surface area contributed by atoms with Crippen molar-refractivity contribution >= 4 is 5.91 Å². The van der Waals surface area contributed by atoms with E-state index in [4.69, 9.17) is 0 Å². The van der Waals surface area contributed by atoms with Crippen molar-refractivity contribution in [3.05, 3.63) is 70.8 Å². The van der Waals surface area contributed by atoms with Crippen LogP contribution in [0.15, 0.2) is 48.5 Å². The molecule has 5 rings (SSSR count). The van der Waals surface area contributed by atoms with E-state index in [1.165, 1.54) is 23.1 Å². The lowest BCUT2D eigenvalue weighted by Crippen LogP contribution is -2.46. The molecule has 3 aliphatic heterocycles. The Morgan fingerprint density at radius 1 is 1.07 bits per heavy atom. The minimum atomic E-state index is 0.229. The molecule has 2 saturated heterocycles. The quantitative estimate of drug-likeness (QED) is 0.890. The van der Waals surface area contributed by atoms with Gasteiger partial charge < -0.3 is 10.2 Å². The molecule has 2 unspecified atom stereocenters. The van der Waals surface area contributed by atoms with Gasteiger partial charge in [-0.25, -0.2) is 0 Å². The summed E-state index contributed by atoms with van der Waals surface area (Å²) >= 11 is 0. The second kappa shape index (κ2) is 7.69. The summed E-state index contributed by atoms with van der Waals surface area (Å²) in [6.45, 7) is 6.09. The SMILES string of the molecule is O=C1c2ccc(C3CCN(Cc4ccccc4)C3)cc2CN1C1CCCNC1. The highest BCUT2D eigenvalue weighted by atomic mass is 16.2. The third-order valence-corrected chi connectivity index (χ3v) is 6.67. The number of nitrogens with zero attached hydrogens (tertiary/aromatic N) is 2. The molecule has 2 atom stereocenters. The van der Waals surface area contributed by atoms with E-state index in [0.29, 0.717) is 12.0 Å². The molecule has 146 valence electrons. The Labute approximate surface area is 167 Å². The van der Waals surface area contributed by atoms with Crippen LogP contribution >= 0.6 is 0 Å². The molecule has 0 aromatic heterocycles. The number of carbonyl (C=O) groups excluding carboxylic acids is 1. The zero-order valence-electron chi connectivity index (χ0n) is 16.4. The number of hydrogen-bond acceptors (Lipinski definition) is 3. The van der Waals surface area contributed by atoms with Crippen LogP contribution in [-0.4, -0.2) is 47.9 Å². The van der Waals surface area contributed by atoms with Gasteiger partial charge in [-0.15, -0.1) is 0 Å². The highest BCUT2D eigenvalue weighted by Crippen LogP contribution is 2.33. The second-order valence-electron chi connectivity index (χ2n) is 8.56. The molecule has 3 heterocycles. The van der Waals surface area contributed by atoms with Crippen molar-refractivity contribution in [3.63, 3.8) is 0 Å². The molecule has 2 aromatic carbocycles. The zero-order valence-corrected chi connectivity index (χ0v) is 16.4. The van der Waals surface area contributed by atoms with Crippen LogP contribution in [0.1, 0.15) is 52.2 Å². The summed E-state index contributed by atoms with van der Waals surface area (Å²) in [5, 5.41) is 3.44. The van der Waals surface area contributed by atoms with Gasteiger partial charge in [0.15, 0.2) is 0 Å². The third kappa shape index (κ3) is 3.47. The first-order chi connectivity index (χ1) is 13.8. The maximum Gasteiger partial charge on any atom is 0.254 e. The van der Waals surface area contributed by atoms with Crippen molar-refractivity contribution < 1.29 is 4.79 Å². The first-order valence-corrected chi connectivity index (χ1v) is 10.7. The fourth-order valence-electron chi connectivity index (χ4n) is 5.10. The predicted molar refractivity (Wildman–Crippen MR) is 111 cm³/mol. The standard InChI is InChI=1S/C24H29N3O/c28-24-23-9-8-19(13-21(23)17-27(24)22-7-4-11-25-14-22)20-10-12-26(16-20)15-18-5-2-1-3-6-18/h1-3,5-6,8-9,13,20,22,25H,4,7,10-12,14-17H2. The van der Waals surface area contributed by atoms with Gasteiger partial charge >= 0.3 is 0 Å². The van der Waals surface area contributed by atoms with Crippen LogP contribution in [0.5, 0.6) is 0 Å². The third-order valence-electron chi connectivity index (χ3n) is 6.67. The molecule has 3 aliphatic rings. The summed E-state index contributed by atoms with van der Waals surface area (Å²) in [7, 11) is 0. The number of piperidine rings is 1. The van der Waals surface area contributed by atoms with Gasteiger partial charge in [0.25, 0.3) is 5.91 Å². The molecular formula is C24H29N3O. The molecule has 0 radical (unpaired) electrons. The molecule has 0 saturated carbocycles.